The molecule has 0 nitrogen and oxygen atoms in total. The molecule has 18 heavy (non-hydrogen) atoms. The van der Waals surface area contributed by atoms with Gasteiger partial charge in [-0.2, -0.15) is 11.8 Å². The van der Waals surface area contributed by atoms with Crippen molar-refractivity contribution < 1.29 is 4.39 Å². The van der Waals surface area contributed by atoms with Crippen LogP contribution in [0.2, 0.25) is 5.02 Å². The van der Waals surface area contributed by atoms with Gasteiger partial charge in [0.1, 0.15) is 5.82 Å². The molecular formula is C14H11BrClFS. The molecule has 0 fully saturated rings. The van der Waals surface area contributed by atoms with Crippen LogP contribution in [0.5, 0.6) is 0 Å². The highest BCUT2D eigenvalue weighted by molar-refractivity contribution is 9.10. The molecule has 2 aromatic carbocycles. The maximum atomic E-state index is 13.2. The predicted molar refractivity (Wildman–Crippen MR) is 80.6 cm³/mol. The van der Waals surface area contributed by atoms with Crippen molar-refractivity contribution in [2.45, 2.75) is 11.5 Å². The van der Waals surface area contributed by atoms with E-state index < -0.39 is 0 Å². The molecule has 0 radical (unpaired) electrons. The molecule has 0 unspecified atom stereocenters. The van der Waals surface area contributed by atoms with Gasteiger partial charge in [-0.15, -0.1) is 0 Å². The molecular weight excluding hydrogens is 335 g/mol. The lowest BCUT2D eigenvalue weighted by Gasteiger charge is -2.04. The standard InChI is InChI=1S/C14H11BrClFS/c15-12-5-11(6-14(17)7-12)9-18-8-10-1-3-13(16)4-2-10/h1-7H,8-9H2. The summed E-state index contributed by atoms with van der Waals surface area (Å²) in [5, 5.41) is 0.748. The van der Waals surface area contributed by atoms with Crippen molar-refractivity contribution in [2.75, 3.05) is 0 Å². The van der Waals surface area contributed by atoms with Gasteiger partial charge in [-0.05, 0) is 41.5 Å². The average Bonchev–Trinajstić information content (AvgIpc) is 2.30. The van der Waals surface area contributed by atoms with Gasteiger partial charge in [-0.1, -0.05) is 39.7 Å². The van der Waals surface area contributed by atoms with Gasteiger partial charge in [0.05, 0.1) is 0 Å². The first-order valence-electron chi connectivity index (χ1n) is 5.40. The van der Waals surface area contributed by atoms with Crippen molar-refractivity contribution in [3.63, 3.8) is 0 Å². The molecule has 0 aromatic heterocycles. The highest BCUT2D eigenvalue weighted by atomic mass is 79.9. The van der Waals surface area contributed by atoms with Crippen molar-refractivity contribution in [3.8, 4) is 0 Å². The second-order valence-electron chi connectivity index (χ2n) is 3.90. The summed E-state index contributed by atoms with van der Waals surface area (Å²) in [4.78, 5) is 0. The molecule has 0 N–H and O–H groups in total. The van der Waals surface area contributed by atoms with Gasteiger partial charge in [0.2, 0.25) is 0 Å². The summed E-state index contributed by atoms with van der Waals surface area (Å²) < 4.78 is 14.0. The van der Waals surface area contributed by atoms with Gasteiger partial charge in [0.15, 0.2) is 0 Å². The van der Waals surface area contributed by atoms with Crippen LogP contribution in [0.3, 0.4) is 0 Å². The van der Waals surface area contributed by atoms with E-state index in [-0.39, 0.29) is 5.82 Å². The van der Waals surface area contributed by atoms with Gasteiger partial charge in [0.25, 0.3) is 0 Å². The molecule has 0 aliphatic heterocycles. The van der Waals surface area contributed by atoms with Crippen LogP contribution in [0, 0.1) is 5.82 Å². The van der Waals surface area contributed by atoms with Crippen molar-refractivity contribution in [1.29, 1.82) is 0 Å². The van der Waals surface area contributed by atoms with Crippen LogP contribution in [0.4, 0.5) is 4.39 Å². The van der Waals surface area contributed by atoms with Crippen LogP contribution in [-0.2, 0) is 11.5 Å². The zero-order valence-corrected chi connectivity index (χ0v) is 12.7. The zero-order valence-electron chi connectivity index (χ0n) is 9.50. The molecule has 4 heteroatoms. The third-order valence-corrected chi connectivity index (χ3v) is 4.16. The second-order valence-corrected chi connectivity index (χ2v) is 6.23. The van der Waals surface area contributed by atoms with Crippen LogP contribution < -0.4 is 0 Å². The Kier molecular flexibility index (Phi) is 5.10. The van der Waals surface area contributed by atoms with Crippen LogP contribution in [0.15, 0.2) is 46.9 Å². The molecule has 0 aliphatic carbocycles. The zero-order chi connectivity index (χ0) is 13.0. The van der Waals surface area contributed by atoms with Gasteiger partial charge < -0.3 is 0 Å². The van der Waals surface area contributed by atoms with E-state index in [1.807, 2.05) is 30.3 Å². The second kappa shape index (κ2) is 6.60. The Balaban J connectivity index is 1.90. The molecule has 0 saturated heterocycles. The number of thioether (sulfide) groups is 1. The molecule has 2 rings (SSSR count). The third kappa shape index (κ3) is 4.30. The number of benzene rings is 2. The van der Waals surface area contributed by atoms with Crippen LogP contribution in [-0.4, -0.2) is 0 Å². The first-order chi connectivity index (χ1) is 8.63. The Morgan fingerprint density at radius 3 is 2.33 bits per heavy atom. The molecule has 0 spiro atoms. The smallest absolute Gasteiger partial charge is 0.124 e. The number of hydrogen-bond donors (Lipinski definition) is 0. The number of halogens is 3. The lowest BCUT2D eigenvalue weighted by Crippen LogP contribution is -1.86. The third-order valence-electron chi connectivity index (χ3n) is 2.37. The fraction of sp³-hybridized carbons (Fsp3) is 0.143. The topological polar surface area (TPSA) is 0 Å². The summed E-state index contributed by atoms with van der Waals surface area (Å²) in [7, 11) is 0. The van der Waals surface area contributed by atoms with E-state index >= 15 is 0 Å². The van der Waals surface area contributed by atoms with E-state index in [2.05, 4.69) is 15.9 Å². The first kappa shape index (κ1) is 13.9. The fourth-order valence-corrected chi connectivity index (χ4v) is 3.13. The van der Waals surface area contributed by atoms with Crippen molar-refractivity contribution in [1.82, 2.24) is 0 Å². The Morgan fingerprint density at radius 2 is 1.67 bits per heavy atom. The van der Waals surface area contributed by atoms with Crippen molar-refractivity contribution in [2.24, 2.45) is 0 Å². The van der Waals surface area contributed by atoms with Crippen LogP contribution in [0.1, 0.15) is 11.1 Å². The molecule has 0 atom stereocenters. The van der Waals surface area contributed by atoms with Crippen molar-refractivity contribution in [3.05, 3.63) is 68.9 Å². The summed E-state index contributed by atoms with van der Waals surface area (Å²) in [6.45, 7) is 0. The maximum Gasteiger partial charge on any atom is 0.124 e. The average molecular weight is 346 g/mol. The summed E-state index contributed by atoms with van der Waals surface area (Å²) in [6, 6.07) is 12.8. The van der Waals surface area contributed by atoms with E-state index in [0.717, 1.165) is 26.6 Å². The minimum Gasteiger partial charge on any atom is -0.207 e. The molecule has 0 aliphatic rings. The summed E-state index contributed by atoms with van der Waals surface area (Å²) in [5.41, 5.74) is 2.21. The summed E-state index contributed by atoms with van der Waals surface area (Å²) >= 11 is 10.9. The Hall–Kier alpha value is -0.510. The predicted octanol–water partition coefficient (Wildman–Crippen LogP) is 5.68. The molecule has 2 aromatic rings. The Labute approximate surface area is 124 Å². The molecule has 0 bridgehead atoms. The lowest BCUT2D eigenvalue weighted by molar-refractivity contribution is 0.625. The summed E-state index contributed by atoms with van der Waals surface area (Å²) in [6.07, 6.45) is 0. The van der Waals surface area contributed by atoms with Gasteiger partial charge in [-0.25, -0.2) is 4.39 Å². The Bertz CT molecular complexity index is 508. The monoisotopic (exact) mass is 344 g/mol. The van der Waals surface area contributed by atoms with Crippen molar-refractivity contribution >= 4 is 39.3 Å². The molecule has 0 heterocycles. The van der Waals surface area contributed by atoms with E-state index in [4.69, 9.17) is 11.6 Å². The minimum absolute atomic E-state index is 0.202. The van der Waals surface area contributed by atoms with E-state index in [1.54, 1.807) is 17.8 Å². The number of hydrogen-bond acceptors (Lipinski definition) is 1. The number of rotatable bonds is 4. The van der Waals surface area contributed by atoms with E-state index in [9.17, 15) is 4.39 Å². The minimum atomic E-state index is -0.202. The molecule has 0 amide bonds. The highest BCUT2D eigenvalue weighted by Crippen LogP contribution is 2.22. The lowest BCUT2D eigenvalue weighted by atomic mass is 10.2. The van der Waals surface area contributed by atoms with E-state index in [1.165, 1.54) is 11.6 Å². The highest BCUT2D eigenvalue weighted by Gasteiger charge is 2.00. The van der Waals surface area contributed by atoms with Crippen LogP contribution in [0.25, 0.3) is 0 Å². The molecule has 0 saturated carbocycles. The summed E-state index contributed by atoms with van der Waals surface area (Å²) in [5.74, 6) is 1.48. The molecule has 94 valence electrons. The Morgan fingerprint density at radius 1 is 1.00 bits per heavy atom. The SMILES string of the molecule is Fc1cc(Br)cc(CSCc2ccc(Cl)cc2)c1. The van der Waals surface area contributed by atoms with Gasteiger partial charge in [0, 0.05) is 21.0 Å². The van der Waals surface area contributed by atoms with Gasteiger partial charge in [-0.3, -0.25) is 0 Å². The van der Waals surface area contributed by atoms with Crippen LogP contribution >= 0.6 is 39.3 Å². The normalized spacial score (nSPS) is 10.6. The quantitative estimate of drug-likeness (QED) is 0.687. The largest absolute Gasteiger partial charge is 0.207 e. The fourth-order valence-electron chi connectivity index (χ4n) is 1.56. The maximum absolute atomic E-state index is 13.2. The van der Waals surface area contributed by atoms with E-state index in [0.29, 0.717) is 0 Å². The van der Waals surface area contributed by atoms with Gasteiger partial charge >= 0.3 is 0 Å². The first-order valence-corrected chi connectivity index (χ1v) is 7.73.